The highest BCUT2D eigenvalue weighted by Gasteiger charge is 2.08. The van der Waals surface area contributed by atoms with Gasteiger partial charge < -0.3 is 10.6 Å². The summed E-state index contributed by atoms with van der Waals surface area (Å²) in [5, 5.41) is 5.87. The SMILES string of the molecule is C[C@H](CCCNC(=O)c1ccccc1)CNC(=O)c1ccccc1. The monoisotopic (exact) mass is 324 g/mol. The summed E-state index contributed by atoms with van der Waals surface area (Å²) in [5.41, 5.74) is 1.36. The molecule has 0 aliphatic rings. The van der Waals surface area contributed by atoms with Crippen LogP contribution in [0.2, 0.25) is 0 Å². The van der Waals surface area contributed by atoms with Crippen molar-refractivity contribution in [1.82, 2.24) is 10.6 Å². The van der Waals surface area contributed by atoms with E-state index in [0.29, 0.717) is 30.1 Å². The van der Waals surface area contributed by atoms with E-state index < -0.39 is 0 Å². The van der Waals surface area contributed by atoms with E-state index >= 15 is 0 Å². The van der Waals surface area contributed by atoms with Crippen LogP contribution in [0.25, 0.3) is 0 Å². The van der Waals surface area contributed by atoms with Crippen molar-refractivity contribution in [2.75, 3.05) is 13.1 Å². The van der Waals surface area contributed by atoms with Crippen LogP contribution in [-0.4, -0.2) is 24.9 Å². The molecule has 2 N–H and O–H groups in total. The first-order valence-electron chi connectivity index (χ1n) is 8.33. The van der Waals surface area contributed by atoms with Gasteiger partial charge in [-0.3, -0.25) is 9.59 Å². The highest BCUT2D eigenvalue weighted by molar-refractivity contribution is 5.94. The summed E-state index contributed by atoms with van der Waals surface area (Å²) in [6.07, 6.45) is 1.84. The summed E-state index contributed by atoms with van der Waals surface area (Å²) >= 11 is 0. The van der Waals surface area contributed by atoms with E-state index in [0.717, 1.165) is 12.8 Å². The Labute approximate surface area is 143 Å². The molecule has 0 radical (unpaired) electrons. The molecule has 4 nitrogen and oxygen atoms in total. The first kappa shape index (κ1) is 17.7. The van der Waals surface area contributed by atoms with Crippen LogP contribution < -0.4 is 10.6 Å². The van der Waals surface area contributed by atoms with E-state index in [4.69, 9.17) is 0 Å². The summed E-state index contributed by atoms with van der Waals surface area (Å²) in [6, 6.07) is 18.4. The first-order valence-corrected chi connectivity index (χ1v) is 8.33. The number of benzene rings is 2. The van der Waals surface area contributed by atoms with Crippen LogP contribution in [0.4, 0.5) is 0 Å². The zero-order valence-electron chi connectivity index (χ0n) is 14.0. The largest absolute Gasteiger partial charge is 0.352 e. The minimum absolute atomic E-state index is 0.0411. The number of nitrogens with one attached hydrogen (secondary N) is 2. The maximum Gasteiger partial charge on any atom is 0.251 e. The second kappa shape index (κ2) is 9.50. The summed E-state index contributed by atoms with van der Waals surface area (Å²) < 4.78 is 0. The first-order chi connectivity index (χ1) is 11.7. The minimum Gasteiger partial charge on any atom is -0.352 e. The Balaban J connectivity index is 1.61. The highest BCUT2D eigenvalue weighted by Crippen LogP contribution is 2.05. The van der Waals surface area contributed by atoms with Gasteiger partial charge in [-0.1, -0.05) is 43.3 Å². The highest BCUT2D eigenvalue weighted by atomic mass is 16.2. The van der Waals surface area contributed by atoms with Crippen molar-refractivity contribution < 1.29 is 9.59 Å². The summed E-state index contributed by atoms with van der Waals surface area (Å²) in [7, 11) is 0. The Bertz CT molecular complexity index is 641. The third kappa shape index (κ3) is 5.88. The van der Waals surface area contributed by atoms with Gasteiger partial charge in [-0.15, -0.1) is 0 Å². The van der Waals surface area contributed by atoms with Crippen molar-refractivity contribution in [2.45, 2.75) is 19.8 Å². The molecule has 0 saturated carbocycles. The fraction of sp³-hybridized carbons (Fsp3) is 0.300. The average molecular weight is 324 g/mol. The maximum absolute atomic E-state index is 12.0. The second-order valence-corrected chi connectivity index (χ2v) is 5.95. The normalized spacial score (nSPS) is 11.5. The molecule has 0 aromatic heterocycles. The molecular weight excluding hydrogens is 300 g/mol. The molecule has 126 valence electrons. The lowest BCUT2D eigenvalue weighted by Gasteiger charge is -2.13. The Kier molecular flexibility index (Phi) is 7.02. The van der Waals surface area contributed by atoms with Crippen molar-refractivity contribution in [3.63, 3.8) is 0 Å². The quantitative estimate of drug-likeness (QED) is 0.732. The molecule has 2 amide bonds. The fourth-order valence-corrected chi connectivity index (χ4v) is 2.40. The maximum atomic E-state index is 12.0. The predicted octanol–water partition coefficient (Wildman–Crippen LogP) is 3.26. The average Bonchev–Trinajstić information content (AvgIpc) is 2.64. The van der Waals surface area contributed by atoms with Gasteiger partial charge >= 0.3 is 0 Å². The molecule has 24 heavy (non-hydrogen) atoms. The van der Waals surface area contributed by atoms with Gasteiger partial charge in [-0.05, 0) is 43.0 Å². The molecule has 2 aromatic carbocycles. The zero-order chi connectivity index (χ0) is 17.2. The minimum atomic E-state index is -0.0418. The van der Waals surface area contributed by atoms with Crippen molar-refractivity contribution in [3.8, 4) is 0 Å². The number of carbonyl (C=O) groups excluding carboxylic acids is 2. The van der Waals surface area contributed by atoms with Crippen LogP contribution in [0, 0.1) is 5.92 Å². The fourth-order valence-electron chi connectivity index (χ4n) is 2.40. The van der Waals surface area contributed by atoms with E-state index in [-0.39, 0.29) is 11.8 Å². The Morgan fingerprint density at radius 3 is 1.88 bits per heavy atom. The van der Waals surface area contributed by atoms with Crippen molar-refractivity contribution in [2.24, 2.45) is 5.92 Å². The van der Waals surface area contributed by atoms with Crippen LogP contribution in [0.5, 0.6) is 0 Å². The van der Waals surface area contributed by atoms with Crippen LogP contribution in [0.1, 0.15) is 40.5 Å². The van der Waals surface area contributed by atoms with E-state index in [2.05, 4.69) is 17.6 Å². The van der Waals surface area contributed by atoms with Crippen molar-refractivity contribution in [1.29, 1.82) is 0 Å². The number of carbonyl (C=O) groups is 2. The van der Waals surface area contributed by atoms with E-state index in [1.807, 2.05) is 36.4 Å². The van der Waals surface area contributed by atoms with Gasteiger partial charge in [0.15, 0.2) is 0 Å². The summed E-state index contributed by atoms with van der Waals surface area (Å²) in [6.45, 7) is 3.38. The lowest BCUT2D eigenvalue weighted by molar-refractivity contribution is 0.0945. The summed E-state index contributed by atoms with van der Waals surface area (Å²) in [5.74, 6) is 0.284. The molecule has 4 heteroatoms. The zero-order valence-corrected chi connectivity index (χ0v) is 14.0. The predicted molar refractivity (Wildman–Crippen MR) is 95.9 cm³/mol. The summed E-state index contributed by atoms with van der Waals surface area (Å²) in [4.78, 5) is 23.9. The van der Waals surface area contributed by atoms with E-state index in [1.54, 1.807) is 24.3 Å². The van der Waals surface area contributed by atoms with Gasteiger partial charge in [0.25, 0.3) is 11.8 Å². The number of amides is 2. The van der Waals surface area contributed by atoms with Crippen LogP contribution in [0.15, 0.2) is 60.7 Å². The van der Waals surface area contributed by atoms with Crippen LogP contribution in [0.3, 0.4) is 0 Å². The molecule has 0 fully saturated rings. The molecule has 0 saturated heterocycles. The number of hydrogen-bond acceptors (Lipinski definition) is 2. The van der Waals surface area contributed by atoms with Crippen molar-refractivity contribution >= 4 is 11.8 Å². The molecule has 0 heterocycles. The van der Waals surface area contributed by atoms with E-state index in [9.17, 15) is 9.59 Å². The topological polar surface area (TPSA) is 58.2 Å². The smallest absolute Gasteiger partial charge is 0.251 e. The van der Waals surface area contributed by atoms with Crippen LogP contribution >= 0.6 is 0 Å². The van der Waals surface area contributed by atoms with Crippen molar-refractivity contribution in [3.05, 3.63) is 71.8 Å². The third-order valence-electron chi connectivity index (χ3n) is 3.84. The number of hydrogen-bond donors (Lipinski definition) is 2. The second-order valence-electron chi connectivity index (χ2n) is 5.95. The lowest BCUT2D eigenvalue weighted by Crippen LogP contribution is -2.29. The molecular formula is C20H24N2O2. The molecule has 1 atom stereocenters. The standard InChI is InChI=1S/C20H24N2O2/c1-16(15-22-20(24)18-12-6-3-7-13-18)9-8-14-21-19(23)17-10-4-2-5-11-17/h2-7,10-13,16H,8-9,14-15H2,1H3,(H,21,23)(H,22,24)/t16-/m1/s1. The Hall–Kier alpha value is -2.62. The molecule has 0 spiro atoms. The molecule has 0 bridgehead atoms. The van der Waals surface area contributed by atoms with Crippen LogP contribution in [-0.2, 0) is 0 Å². The third-order valence-corrected chi connectivity index (χ3v) is 3.84. The van der Waals surface area contributed by atoms with Gasteiger partial charge in [-0.25, -0.2) is 0 Å². The van der Waals surface area contributed by atoms with Gasteiger partial charge in [0.1, 0.15) is 0 Å². The Morgan fingerprint density at radius 2 is 1.33 bits per heavy atom. The van der Waals surface area contributed by atoms with E-state index in [1.165, 1.54) is 0 Å². The lowest BCUT2D eigenvalue weighted by atomic mass is 10.1. The molecule has 2 rings (SSSR count). The molecule has 0 aliphatic heterocycles. The van der Waals surface area contributed by atoms with Gasteiger partial charge in [0.2, 0.25) is 0 Å². The molecule has 2 aromatic rings. The Morgan fingerprint density at radius 1 is 0.833 bits per heavy atom. The van der Waals surface area contributed by atoms with Gasteiger partial charge in [0, 0.05) is 24.2 Å². The number of rotatable bonds is 8. The molecule has 0 aliphatic carbocycles. The van der Waals surface area contributed by atoms with Gasteiger partial charge in [-0.2, -0.15) is 0 Å². The molecule has 0 unspecified atom stereocenters. The van der Waals surface area contributed by atoms with Gasteiger partial charge in [0.05, 0.1) is 0 Å².